The minimum atomic E-state index is 0.282. The van der Waals surface area contributed by atoms with E-state index < -0.39 is 0 Å². The van der Waals surface area contributed by atoms with Gasteiger partial charge in [0.05, 0.1) is 22.6 Å². The van der Waals surface area contributed by atoms with Gasteiger partial charge in [-0.25, -0.2) is 4.98 Å². The number of nitrogens with zero attached hydrogens (tertiary/aromatic N) is 4. The average molecular weight is 438 g/mol. The summed E-state index contributed by atoms with van der Waals surface area (Å²) in [6.45, 7) is 6.10. The molecule has 0 bridgehead atoms. The Morgan fingerprint density at radius 2 is 1.81 bits per heavy atom. The summed E-state index contributed by atoms with van der Waals surface area (Å²) in [4.78, 5) is 27.4. The molecule has 0 radical (unpaired) electrons. The number of benzene rings is 2. The lowest BCUT2D eigenvalue weighted by molar-refractivity contribution is -0.131. The number of amides is 1. The van der Waals surface area contributed by atoms with Gasteiger partial charge in [-0.1, -0.05) is 23.7 Å². The van der Waals surface area contributed by atoms with Gasteiger partial charge in [0.15, 0.2) is 0 Å². The molecule has 5 rings (SSSR count). The first-order chi connectivity index (χ1) is 15.2. The van der Waals surface area contributed by atoms with Gasteiger partial charge >= 0.3 is 0 Å². The van der Waals surface area contributed by atoms with Gasteiger partial charge in [-0.05, 0) is 49.6 Å². The van der Waals surface area contributed by atoms with Crippen LogP contribution in [0.3, 0.4) is 0 Å². The topological polar surface area (TPSA) is 55.5 Å². The quantitative estimate of drug-likeness (QED) is 0.669. The highest BCUT2D eigenvalue weighted by Gasteiger charge is 2.23. The second-order valence-electron chi connectivity index (χ2n) is 8.47. The number of aromatic amines is 1. The Morgan fingerprint density at radius 1 is 0.968 bits per heavy atom. The lowest BCUT2D eigenvalue weighted by Crippen LogP contribution is -2.40. The van der Waals surface area contributed by atoms with Crippen LogP contribution in [-0.4, -0.2) is 71.5 Å². The van der Waals surface area contributed by atoms with Crippen molar-refractivity contribution in [1.82, 2.24) is 19.8 Å². The smallest absolute Gasteiger partial charge is 0.236 e. The standard InChI is InChI=1S/C24H28ClN5O/c25-20-9-8-18(16-19(20)24-26-21-6-1-2-7-22(21)27-24)29-13-5-10-28(14-15-29)17-23(31)30-11-3-4-12-30/h1-2,6-9,16H,3-5,10-15,17H2,(H,26,27). The zero-order chi connectivity index (χ0) is 21.2. The Balaban J connectivity index is 1.30. The van der Waals surface area contributed by atoms with E-state index in [1.165, 1.54) is 0 Å². The van der Waals surface area contributed by atoms with Crippen LogP contribution in [0.1, 0.15) is 19.3 Å². The number of rotatable bonds is 4. The van der Waals surface area contributed by atoms with Crippen molar-refractivity contribution in [3.8, 4) is 11.4 Å². The van der Waals surface area contributed by atoms with E-state index in [1.54, 1.807) is 0 Å². The molecule has 7 heteroatoms. The van der Waals surface area contributed by atoms with Crippen molar-refractivity contribution in [3.05, 3.63) is 47.5 Å². The van der Waals surface area contributed by atoms with E-state index in [1.807, 2.05) is 35.2 Å². The third-order valence-corrected chi connectivity index (χ3v) is 6.70. The summed E-state index contributed by atoms with van der Waals surface area (Å²) in [5, 5.41) is 0.690. The van der Waals surface area contributed by atoms with Crippen molar-refractivity contribution in [3.63, 3.8) is 0 Å². The maximum Gasteiger partial charge on any atom is 0.236 e. The molecule has 6 nitrogen and oxygen atoms in total. The molecule has 0 unspecified atom stereocenters. The number of hydrogen-bond acceptors (Lipinski definition) is 4. The van der Waals surface area contributed by atoms with Gasteiger partial charge in [0.2, 0.25) is 5.91 Å². The largest absolute Gasteiger partial charge is 0.370 e. The van der Waals surface area contributed by atoms with Gasteiger partial charge in [-0.3, -0.25) is 9.69 Å². The molecule has 2 saturated heterocycles. The molecule has 1 N–H and O–H groups in total. The van der Waals surface area contributed by atoms with E-state index in [9.17, 15) is 4.79 Å². The number of aromatic nitrogens is 2. The first-order valence-electron chi connectivity index (χ1n) is 11.2. The molecule has 0 atom stereocenters. The fourth-order valence-electron chi connectivity index (χ4n) is 4.62. The predicted octanol–water partition coefficient (Wildman–Crippen LogP) is 4.02. The zero-order valence-electron chi connectivity index (χ0n) is 17.7. The summed E-state index contributed by atoms with van der Waals surface area (Å²) in [7, 11) is 0. The number of imidazole rings is 1. The molecular weight excluding hydrogens is 410 g/mol. The number of nitrogens with one attached hydrogen (secondary N) is 1. The average Bonchev–Trinajstić information content (AvgIpc) is 3.41. The summed E-state index contributed by atoms with van der Waals surface area (Å²) in [5.41, 5.74) is 4.01. The minimum absolute atomic E-state index is 0.282. The van der Waals surface area contributed by atoms with Crippen LogP contribution in [0.25, 0.3) is 22.4 Å². The molecule has 0 saturated carbocycles. The van der Waals surface area contributed by atoms with Crippen LogP contribution in [0, 0.1) is 0 Å². The van der Waals surface area contributed by atoms with Crippen molar-refractivity contribution in [2.45, 2.75) is 19.3 Å². The summed E-state index contributed by atoms with van der Waals surface area (Å²) in [6.07, 6.45) is 3.32. The maximum atomic E-state index is 12.5. The number of halogens is 1. The van der Waals surface area contributed by atoms with Gasteiger partial charge in [-0.15, -0.1) is 0 Å². The monoisotopic (exact) mass is 437 g/mol. The van der Waals surface area contributed by atoms with Crippen LogP contribution in [0.2, 0.25) is 5.02 Å². The summed E-state index contributed by atoms with van der Waals surface area (Å²) in [5.74, 6) is 1.07. The number of carbonyl (C=O) groups is 1. The van der Waals surface area contributed by atoms with Crippen LogP contribution in [-0.2, 0) is 4.79 Å². The second-order valence-corrected chi connectivity index (χ2v) is 8.88. The fraction of sp³-hybridized carbons (Fsp3) is 0.417. The van der Waals surface area contributed by atoms with Crippen LogP contribution in [0.5, 0.6) is 0 Å². The van der Waals surface area contributed by atoms with E-state index >= 15 is 0 Å². The number of hydrogen-bond donors (Lipinski definition) is 1. The number of anilines is 1. The lowest BCUT2D eigenvalue weighted by Gasteiger charge is -2.25. The maximum absolute atomic E-state index is 12.5. The number of carbonyl (C=O) groups excluding carboxylic acids is 1. The van der Waals surface area contributed by atoms with Gasteiger partial charge in [-0.2, -0.15) is 0 Å². The Labute approximate surface area is 187 Å². The SMILES string of the molecule is O=C(CN1CCCN(c2ccc(Cl)c(-c3nc4ccccc4[nH]3)c2)CC1)N1CCCC1. The third kappa shape index (κ3) is 4.41. The zero-order valence-corrected chi connectivity index (χ0v) is 18.4. The van der Waals surface area contributed by atoms with E-state index in [-0.39, 0.29) is 5.91 Å². The summed E-state index contributed by atoms with van der Waals surface area (Å²) < 4.78 is 0. The highest BCUT2D eigenvalue weighted by molar-refractivity contribution is 6.33. The number of likely N-dealkylation sites (tertiary alicyclic amines) is 1. The van der Waals surface area contributed by atoms with Gasteiger partial charge in [0.1, 0.15) is 5.82 Å². The molecule has 2 aromatic carbocycles. The van der Waals surface area contributed by atoms with Crippen molar-refractivity contribution in [1.29, 1.82) is 0 Å². The molecule has 2 aliphatic rings. The second kappa shape index (κ2) is 8.89. The van der Waals surface area contributed by atoms with Crippen LogP contribution in [0.4, 0.5) is 5.69 Å². The Kier molecular flexibility index (Phi) is 5.83. The first-order valence-corrected chi connectivity index (χ1v) is 11.5. The van der Waals surface area contributed by atoms with E-state index in [4.69, 9.17) is 16.6 Å². The molecule has 0 spiro atoms. The van der Waals surface area contributed by atoms with E-state index in [0.717, 1.165) is 86.6 Å². The van der Waals surface area contributed by atoms with Gasteiger partial charge in [0, 0.05) is 50.5 Å². The molecule has 1 amide bonds. The van der Waals surface area contributed by atoms with Crippen molar-refractivity contribution in [2.24, 2.45) is 0 Å². The van der Waals surface area contributed by atoms with Crippen LogP contribution < -0.4 is 4.90 Å². The van der Waals surface area contributed by atoms with Crippen molar-refractivity contribution in [2.75, 3.05) is 50.7 Å². The molecule has 31 heavy (non-hydrogen) atoms. The highest BCUT2D eigenvalue weighted by Crippen LogP contribution is 2.32. The summed E-state index contributed by atoms with van der Waals surface area (Å²) >= 11 is 6.54. The van der Waals surface area contributed by atoms with Gasteiger partial charge in [0.25, 0.3) is 0 Å². The van der Waals surface area contributed by atoms with E-state index in [2.05, 4.69) is 26.9 Å². The third-order valence-electron chi connectivity index (χ3n) is 6.37. The Hall–Kier alpha value is -2.57. The lowest BCUT2D eigenvalue weighted by atomic mass is 10.1. The number of para-hydroxylation sites is 2. The molecule has 3 heterocycles. The molecule has 1 aromatic heterocycles. The highest BCUT2D eigenvalue weighted by atomic mass is 35.5. The fourth-order valence-corrected chi connectivity index (χ4v) is 4.82. The molecule has 2 aliphatic heterocycles. The molecule has 3 aromatic rings. The van der Waals surface area contributed by atoms with Crippen LogP contribution >= 0.6 is 11.6 Å². The molecular formula is C24H28ClN5O. The first kappa shape index (κ1) is 20.3. The van der Waals surface area contributed by atoms with Crippen molar-refractivity contribution < 1.29 is 4.79 Å². The molecule has 162 valence electrons. The van der Waals surface area contributed by atoms with Crippen molar-refractivity contribution >= 4 is 34.2 Å². The molecule has 2 fully saturated rings. The van der Waals surface area contributed by atoms with Crippen LogP contribution in [0.15, 0.2) is 42.5 Å². The molecule has 0 aliphatic carbocycles. The minimum Gasteiger partial charge on any atom is -0.370 e. The number of fused-ring (bicyclic) bond motifs is 1. The predicted molar refractivity (Wildman–Crippen MR) is 126 cm³/mol. The van der Waals surface area contributed by atoms with E-state index in [0.29, 0.717) is 11.6 Å². The Bertz CT molecular complexity index is 1040. The number of H-pyrrole nitrogens is 1. The van der Waals surface area contributed by atoms with Gasteiger partial charge < -0.3 is 14.8 Å². The normalized spacial score (nSPS) is 18.0. The Morgan fingerprint density at radius 3 is 2.65 bits per heavy atom. The summed E-state index contributed by atoms with van der Waals surface area (Å²) in [6, 6.07) is 14.2.